The molecule has 28 heavy (non-hydrogen) atoms. The third-order valence-electron chi connectivity index (χ3n) is 5.20. The molecule has 0 bridgehead atoms. The zero-order valence-corrected chi connectivity index (χ0v) is 16.4. The fourth-order valence-electron chi connectivity index (χ4n) is 3.56. The number of nitrogens with one attached hydrogen (secondary N) is 2. The Kier molecular flexibility index (Phi) is 7.25. The Bertz CT molecular complexity index is 756. The van der Waals surface area contributed by atoms with Crippen LogP contribution in [0, 0.1) is 0 Å². The molecule has 1 aliphatic heterocycles. The molecule has 2 aromatic rings. The SMILES string of the molecule is CCCCN1CCCCC1CNC(=O)c1ccc(NC(=O)c2ccco2)cc1. The minimum atomic E-state index is -0.313. The van der Waals surface area contributed by atoms with Gasteiger partial charge in [0.1, 0.15) is 0 Å². The molecular weight excluding hydrogens is 354 g/mol. The lowest BCUT2D eigenvalue weighted by atomic mass is 10.0. The van der Waals surface area contributed by atoms with Crippen molar-refractivity contribution in [1.29, 1.82) is 0 Å². The van der Waals surface area contributed by atoms with Gasteiger partial charge < -0.3 is 15.1 Å². The molecule has 1 saturated heterocycles. The smallest absolute Gasteiger partial charge is 0.291 e. The molecule has 1 aromatic heterocycles. The highest BCUT2D eigenvalue weighted by atomic mass is 16.3. The van der Waals surface area contributed by atoms with Crippen LogP contribution in [0.25, 0.3) is 0 Å². The van der Waals surface area contributed by atoms with Crippen LogP contribution in [0.4, 0.5) is 5.69 Å². The lowest BCUT2D eigenvalue weighted by Gasteiger charge is -2.35. The van der Waals surface area contributed by atoms with Gasteiger partial charge in [0, 0.05) is 23.8 Å². The number of unbranched alkanes of at least 4 members (excludes halogenated alkanes) is 1. The van der Waals surface area contributed by atoms with E-state index in [1.165, 1.54) is 31.9 Å². The predicted molar refractivity (Wildman–Crippen MR) is 110 cm³/mol. The second-order valence-electron chi connectivity index (χ2n) is 7.26. The summed E-state index contributed by atoms with van der Waals surface area (Å²) in [6.45, 7) is 5.13. The quantitative estimate of drug-likeness (QED) is 0.725. The van der Waals surface area contributed by atoms with Crippen molar-refractivity contribution >= 4 is 17.5 Å². The standard InChI is InChI=1S/C22H29N3O3/c1-2-3-13-25-14-5-4-7-19(25)16-23-21(26)17-9-11-18(12-10-17)24-22(27)20-8-6-15-28-20/h6,8-12,15,19H,2-5,7,13-14,16H2,1H3,(H,23,26)(H,24,27). The number of rotatable bonds is 8. The van der Waals surface area contributed by atoms with Gasteiger partial charge in [-0.2, -0.15) is 0 Å². The molecule has 3 rings (SSSR count). The van der Waals surface area contributed by atoms with Crippen LogP contribution in [0.2, 0.25) is 0 Å². The van der Waals surface area contributed by atoms with Gasteiger partial charge in [-0.25, -0.2) is 0 Å². The first-order valence-corrected chi connectivity index (χ1v) is 10.1. The van der Waals surface area contributed by atoms with Crippen LogP contribution < -0.4 is 10.6 Å². The van der Waals surface area contributed by atoms with Gasteiger partial charge in [0.05, 0.1) is 6.26 Å². The van der Waals surface area contributed by atoms with Crippen LogP contribution in [0.3, 0.4) is 0 Å². The van der Waals surface area contributed by atoms with E-state index in [1.54, 1.807) is 36.4 Å². The molecule has 150 valence electrons. The number of piperidine rings is 1. The molecule has 6 nitrogen and oxygen atoms in total. The molecule has 1 aromatic carbocycles. The van der Waals surface area contributed by atoms with Gasteiger partial charge in [0.15, 0.2) is 5.76 Å². The van der Waals surface area contributed by atoms with Crippen molar-refractivity contribution in [3.8, 4) is 0 Å². The molecule has 1 fully saturated rings. The van der Waals surface area contributed by atoms with Crippen LogP contribution in [0.15, 0.2) is 47.1 Å². The lowest BCUT2D eigenvalue weighted by Crippen LogP contribution is -2.47. The summed E-state index contributed by atoms with van der Waals surface area (Å²) in [5.74, 6) is -0.140. The van der Waals surface area contributed by atoms with E-state index in [9.17, 15) is 9.59 Å². The lowest BCUT2D eigenvalue weighted by molar-refractivity contribution is 0.0912. The van der Waals surface area contributed by atoms with Gasteiger partial charge in [-0.3, -0.25) is 14.5 Å². The Morgan fingerprint density at radius 1 is 1.14 bits per heavy atom. The molecule has 2 heterocycles. The second kappa shape index (κ2) is 10.1. The second-order valence-corrected chi connectivity index (χ2v) is 7.26. The van der Waals surface area contributed by atoms with Gasteiger partial charge in [-0.15, -0.1) is 0 Å². The number of carbonyl (C=O) groups is 2. The molecule has 1 atom stereocenters. The monoisotopic (exact) mass is 383 g/mol. The van der Waals surface area contributed by atoms with E-state index < -0.39 is 0 Å². The molecule has 2 N–H and O–H groups in total. The molecule has 6 heteroatoms. The summed E-state index contributed by atoms with van der Waals surface area (Å²) in [5.41, 5.74) is 1.21. The number of carbonyl (C=O) groups excluding carboxylic acids is 2. The fourth-order valence-corrected chi connectivity index (χ4v) is 3.56. The van der Waals surface area contributed by atoms with Crippen LogP contribution >= 0.6 is 0 Å². The largest absolute Gasteiger partial charge is 0.459 e. The van der Waals surface area contributed by atoms with Gasteiger partial charge in [0.2, 0.25) is 0 Å². The number of nitrogens with zero attached hydrogens (tertiary/aromatic N) is 1. The molecular formula is C22H29N3O3. The molecule has 0 radical (unpaired) electrons. The van der Waals surface area contributed by atoms with E-state index >= 15 is 0 Å². The average molecular weight is 383 g/mol. The highest BCUT2D eigenvalue weighted by Gasteiger charge is 2.22. The summed E-state index contributed by atoms with van der Waals surface area (Å²) in [6.07, 6.45) is 7.47. The van der Waals surface area contributed by atoms with Crippen molar-refractivity contribution in [3.63, 3.8) is 0 Å². The van der Waals surface area contributed by atoms with Crippen molar-refractivity contribution in [1.82, 2.24) is 10.2 Å². The average Bonchev–Trinajstić information content (AvgIpc) is 3.26. The summed E-state index contributed by atoms with van der Waals surface area (Å²) in [7, 11) is 0. The first kappa shape index (κ1) is 20.1. The predicted octanol–water partition coefficient (Wildman–Crippen LogP) is 3.92. The summed E-state index contributed by atoms with van der Waals surface area (Å²) in [4.78, 5) is 27.0. The minimum Gasteiger partial charge on any atom is -0.459 e. The van der Waals surface area contributed by atoms with Crippen molar-refractivity contribution in [2.24, 2.45) is 0 Å². The number of furan rings is 1. The summed E-state index contributed by atoms with van der Waals surface area (Å²) in [6, 6.07) is 10.6. The van der Waals surface area contributed by atoms with E-state index in [2.05, 4.69) is 22.5 Å². The van der Waals surface area contributed by atoms with Crippen molar-refractivity contribution in [2.75, 3.05) is 25.0 Å². The fraction of sp³-hybridized carbons (Fsp3) is 0.455. The summed E-state index contributed by atoms with van der Waals surface area (Å²) in [5, 5.41) is 5.82. The van der Waals surface area contributed by atoms with E-state index in [0.29, 0.717) is 23.8 Å². The highest BCUT2D eigenvalue weighted by molar-refractivity contribution is 6.02. The summed E-state index contributed by atoms with van der Waals surface area (Å²) >= 11 is 0. The first-order chi connectivity index (χ1) is 13.7. The van der Waals surface area contributed by atoms with E-state index in [4.69, 9.17) is 4.42 Å². The van der Waals surface area contributed by atoms with Gasteiger partial charge in [0.25, 0.3) is 11.8 Å². The molecule has 1 aliphatic rings. The Labute approximate surface area is 166 Å². The van der Waals surface area contributed by atoms with Crippen molar-refractivity contribution in [3.05, 3.63) is 54.0 Å². The molecule has 2 amide bonds. The number of benzene rings is 1. The minimum absolute atomic E-state index is 0.0788. The van der Waals surface area contributed by atoms with Crippen LogP contribution in [-0.2, 0) is 0 Å². The normalized spacial score (nSPS) is 17.2. The number of amides is 2. The summed E-state index contributed by atoms with van der Waals surface area (Å²) < 4.78 is 5.07. The van der Waals surface area contributed by atoms with Crippen LogP contribution in [-0.4, -0.2) is 42.4 Å². The number of anilines is 1. The Morgan fingerprint density at radius 2 is 1.96 bits per heavy atom. The zero-order valence-electron chi connectivity index (χ0n) is 16.4. The third kappa shape index (κ3) is 5.45. The highest BCUT2D eigenvalue weighted by Crippen LogP contribution is 2.17. The Hall–Kier alpha value is -2.60. The number of hydrogen-bond donors (Lipinski definition) is 2. The van der Waals surface area contributed by atoms with Crippen molar-refractivity contribution in [2.45, 2.75) is 45.1 Å². The zero-order chi connectivity index (χ0) is 19.8. The Balaban J connectivity index is 1.50. The van der Waals surface area contributed by atoms with Gasteiger partial charge in [-0.1, -0.05) is 19.8 Å². The molecule has 1 unspecified atom stereocenters. The van der Waals surface area contributed by atoms with Gasteiger partial charge >= 0.3 is 0 Å². The van der Waals surface area contributed by atoms with Gasteiger partial charge in [-0.05, 0) is 68.8 Å². The molecule has 0 aliphatic carbocycles. The maximum Gasteiger partial charge on any atom is 0.291 e. The topological polar surface area (TPSA) is 74.6 Å². The van der Waals surface area contributed by atoms with E-state index in [1.807, 2.05) is 0 Å². The van der Waals surface area contributed by atoms with Crippen LogP contribution in [0.5, 0.6) is 0 Å². The van der Waals surface area contributed by atoms with E-state index in [0.717, 1.165) is 19.5 Å². The van der Waals surface area contributed by atoms with Crippen LogP contribution in [0.1, 0.15) is 59.9 Å². The third-order valence-corrected chi connectivity index (χ3v) is 5.20. The molecule has 0 saturated carbocycles. The number of hydrogen-bond acceptors (Lipinski definition) is 4. The Morgan fingerprint density at radius 3 is 2.68 bits per heavy atom. The number of likely N-dealkylation sites (tertiary alicyclic amines) is 1. The maximum atomic E-state index is 12.5. The molecule has 0 spiro atoms. The maximum absolute atomic E-state index is 12.5. The van der Waals surface area contributed by atoms with E-state index in [-0.39, 0.29) is 17.6 Å². The van der Waals surface area contributed by atoms with Crippen molar-refractivity contribution < 1.29 is 14.0 Å². The first-order valence-electron chi connectivity index (χ1n) is 10.1.